The summed E-state index contributed by atoms with van der Waals surface area (Å²) in [4.78, 5) is 8.12. The number of sulfonamides is 1. The Bertz CT molecular complexity index is 790. The molecule has 3 rings (SSSR count). The van der Waals surface area contributed by atoms with Gasteiger partial charge < -0.3 is 5.32 Å². The maximum Gasteiger partial charge on any atom is 0.216 e. The minimum absolute atomic E-state index is 0.161. The van der Waals surface area contributed by atoms with Crippen molar-refractivity contribution >= 4 is 26.7 Å². The molecule has 1 aliphatic rings. The number of hydrogen-bond donors (Lipinski definition) is 2. The van der Waals surface area contributed by atoms with Gasteiger partial charge in [0, 0.05) is 11.9 Å². The highest BCUT2D eigenvalue weighted by molar-refractivity contribution is 7.90. The second-order valence-corrected chi connectivity index (χ2v) is 7.27. The lowest BCUT2D eigenvalue weighted by Crippen LogP contribution is -2.53. The molecule has 0 spiro atoms. The molecule has 3 N–H and O–H groups in total. The highest BCUT2D eigenvalue weighted by Crippen LogP contribution is 2.38. The van der Waals surface area contributed by atoms with E-state index in [2.05, 4.69) is 15.3 Å². The lowest BCUT2D eigenvalue weighted by atomic mass is 9.84. The number of rotatable bonds is 4. The number of nitrogens with one attached hydrogen (secondary N) is 1. The molecule has 1 heterocycles. The van der Waals surface area contributed by atoms with Gasteiger partial charge in [0.1, 0.15) is 22.7 Å². The second-order valence-electron chi connectivity index (χ2n) is 5.32. The predicted molar refractivity (Wildman–Crippen MR) is 77.7 cm³/mol. The number of aromatic nitrogens is 2. The van der Waals surface area contributed by atoms with E-state index in [4.69, 9.17) is 5.14 Å². The monoisotopic (exact) mass is 310 g/mol. The van der Waals surface area contributed by atoms with Crippen LogP contribution in [0.2, 0.25) is 0 Å². The van der Waals surface area contributed by atoms with Gasteiger partial charge in [-0.05, 0) is 31.0 Å². The SMILES string of the molecule is NS(=O)(=O)C1(CNc2ncnc3ccc(F)cc23)CCC1. The fourth-order valence-corrected chi connectivity index (χ4v) is 3.68. The summed E-state index contributed by atoms with van der Waals surface area (Å²) in [5.74, 6) is 0.0135. The maximum absolute atomic E-state index is 13.4. The standard InChI is InChI=1S/C13H15FN4O2S/c14-9-2-3-11-10(6-9)12(18-8-17-11)16-7-13(4-1-5-13)21(15,19)20/h2-3,6,8H,1,4-5,7H2,(H2,15,19,20)(H,16,17,18). The van der Waals surface area contributed by atoms with Gasteiger partial charge in [-0.15, -0.1) is 0 Å². The first-order valence-electron chi connectivity index (χ1n) is 6.58. The highest BCUT2D eigenvalue weighted by atomic mass is 32.2. The van der Waals surface area contributed by atoms with Gasteiger partial charge in [-0.25, -0.2) is 27.9 Å². The summed E-state index contributed by atoms with van der Waals surface area (Å²) in [6.07, 6.45) is 3.23. The normalized spacial score (nSPS) is 17.4. The lowest BCUT2D eigenvalue weighted by Gasteiger charge is -2.39. The fourth-order valence-electron chi connectivity index (χ4n) is 2.55. The molecule has 0 radical (unpaired) electrons. The van der Waals surface area contributed by atoms with Crippen LogP contribution in [0.4, 0.5) is 10.2 Å². The molecule has 0 saturated heterocycles. The molecule has 1 aromatic heterocycles. The molecule has 2 aromatic rings. The van der Waals surface area contributed by atoms with Crippen molar-refractivity contribution < 1.29 is 12.8 Å². The molecule has 1 aliphatic carbocycles. The molecular formula is C13H15FN4O2S. The van der Waals surface area contributed by atoms with E-state index in [1.165, 1.54) is 18.5 Å². The van der Waals surface area contributed by atoms with Crippen LogP contribution in [0.5, 0.6) is 0 Å². The van der Waals surface area contributed by atoms with E-state index in [0.29, 0.717) is 29.6 Å². The van der Waals surface area contributed by atoms with E-state index >= 15 is 0 Å². The van der Waals surface area contributed by atoms with Crippen molar-refractivity contribution in [2.45, 2.75) is 24.0 Å². The topological polar surface area (TPSA) is 98.0 Å². The number of hydrogen-bond acceptors (Lipinski definition) is 5. The van der Waals surface area contributed by atoms with Gasteiger partial charge in [0.2, 0.25) is 10.0 Å². The first kappa shape index (κ1) is 14.2. The molecule has 1 saturated carbocycles. The van der Waals surface area contributed by atoms with Crippen LogP contribution >= 0.6 is 0 Å². The van der Waals surface area contributed by atoms with Gasteiger partial charge in [-0.2, -0.15) is 0 Å². The number of nitrogens with zero attached hydrogens (tertiary/aromatic N) is 2. The number of anilines is 1. The summed E-state index contributed by atoms with van der Waals surface area (Å²) in [7, 11) is -3.64. The Hall–Kier alpha value is -1.80. The minimum atomic E-state index is -3.64. The number of halogens is 1. The van der Waals surface area contributed by atoms with Gasteiger partial charge in [-0.1, -0.05) is 6.42 Å². The van der Waals surface area contributed by atoms with E-state index in [1.807, 2.05) is 0 Å². The predicted octanol–water partition coefficient (Wildman–Crippen LogP) is 1.39. The van der Waals surface area contributed by atoms with E-state index in [0.717, 1.165) is 6.42 Å². The fraction of sp³-hybridized carbons (Fsp3) is 0.385. The molecule has 1 aromatic carbocycles. The molecule has 8 heteroatoms. The molecule has 0 amide bonds. The van der Waals surface area contributed by atoms with Crippen molar-refractivity contribution in [2.24, 2.45) is 5.14 Å². The molecule has 0 unspecified atom stereocenters. The van der Waals surface area contributed by atoms with Gasteiger partial charge in [0.15, 0.2) is 0 Å². The highest BCUT2D eigenvalue weighted by Gasteiger charge is 2.47. The zero-order chi connectivity index (χ0) is 15.1. The molecule has 0 aliphatic heterocycles. The number of benzene rings is 1. The molecule has 6 nitrogen and oxygen atoms in total. The molecule has 0 bridgehead atoms. The molecule has 21 heavy (non-hydrogen) atoms. The van der Waals surface area contributed by atoms with Crippen LogP contribution < -0.4 is 10.5 Å². The van der Waals surface area contributed by atoms with Gasteiger partial charge in [-0.3, -0.25) is 0 Å². The van der Waals surface area contributed by atoms with Crippen LogP contribution in [0.1, 0.15) is 19.3 Å². The van der Waals surface area contributed by atoms with E-state index in [1.54, 1.807) is 6.07 Å². The average molecular weight is 310 g/mol. The maximum atomic E-state index is 13.4. The van der Waals surface area contributed by atoms with Crippen molar-refractivity contribution in [3.63, 3.8) is 0 Å². The van der Waals surface area contributed by atoms with Crippen molar-refractivity contribution in [3.05, 3.63) is 30.3 Å². The van der Waals surface area contributed by atoms with Crippen molar-refractivity contribution in [1.29, 1.82) is 0 Å². The summed E-state index contributed by atoms with van der Waals surface area (Å²) < 4.78 is 35.9. The largest absolute Gasteiger partial charge is 0.368 e. The second kappa shape index (κ2) is 4.88. The Labute approximate surface area is 121 Å². The van der Waals surface area contributed by atoms with Crippen molar-refractivity contribution in [2.75, 3.05) is 11.9 Å². The first-order valence-corrected chi connectivity index (χ1v) is 8.12. The van der Waals surface area contributed by atoms with Gasteiger partial charge >= 0.3 is 0 Å². The van der Waals surface area contributed by atoms with Crippen molar-refractivity contribution in [1.82, 2.24) is 9.97 Å². The summed E-state index contributed by atoms with van der Waals surface area (Å²) >= 11 is 0. The van der Waals surface area contributed by atoms with Crippen LogP contribution in [-0.2, 0) is 10.0 Å². The number of primary sulfonamides is 1. The lowest BCUT2D eigenvalue weighted by molar-refractivity contribution is 0.351. The summed E-state index contributed by atoms with van der Waals surface area (Å²) in [6, 6.07) is 4.19. The smallest absolute Gasteiger partial charge is 0.216 e. The average Bonchev–Trinajstić information content (AvgIpc) is 2.36. The third kappa shape index (κ3) is 2.44. The Morgan fingerprint density at radius 3 is 2.71 bits per heavy atom. The Balaban J connectivity index is 1.91. The third-order valence-corrected chi connectivity index (χ3v) is 5.80. The first-order chi connectivity index (χ1) is 9.91. The Morgan fingerprint density at radius 1 is 1.33 bits per heavy atom. The molecule has 1 fully saturated rings. The summed E-state index contributed by atoms with van der Waals surface area (Å²) in [5, 5.41) is 8.82. The zero-order valence-electron chi connectivity index (χ0n) is 11.2. The van der Waals surface area contributed by atoms with Gasteiger partial charge in [0.25, 0.3) is 0 Å². The Kier molecular flexibility index (Phi) is 3.29. The zero-order valence-corrected chi connectivity index (χ0v) is 12.0. The van der Waals surface area contributed by atoms with E-state index in [-0.39, 0.29) is 6.54 Å². The molecule has 0 atom stereocenters. The molecule has 112 valence electrons. The summed E-state index contributed by atoms with van der Waals surface area (Å²) in [6.45, 7) is 0.161. The third-order valence-electron chi connectivity index (χ3n) is 4.04. The summed E-state index contributed by atoms with van der Waals surface area (Å²) in [5.41, 5.74) is 0.590. The van der Waals surface area contributed by atoms with E-state index in [9.17, 15) is 12.8 Å². The number of fused-ring (bicyclic) bond motifs is 1. The van der Waals surface area contributed by atoms with Gasteiger partial charge in [0.05, 0.1) is 5.52 Å². The van der Waals surface area contributed by atoms with Crippen LogP contribution in [0.25, 0.3) is 10.9 Å². The van der Waals surface area contributed by atoms with E-state index < -0.39 is 20.6 Å². The van der Waals surface area contributed by atoms with Crippen LogP contribution in [0.3, 0.4) is 0 Å². The van der Waals surface area contributed by atoms with Crippen LogP contribution in [0.15, 0.2) is 24.5 Å². The number of nitrogens with two attached hydrogens (primary N) is 1. The van der Waals surface area contributed by atoms with Crippen LogP contribution in [-0.4, -0.2) is 29.7 Å². The van der Waals surface area contributed by atoms with Crippen LogP contribution in [0, 0.1) is 5.82 Å². The van der Waals surface area contributed by atoms with Crippen molar-refractivity contribution in [3.8, 4) is 0 Å². The molecular weight excluding hydrogens is 295 g/mol. The quantitative estimate of drug-likeness (QED) is 0.889. The Morgan fingerprint density at radius 2 is 2.10 bits per heavy atom. The minimum Gasteiger partial charge on any atom is -0.368 e.